The van der Waals surface area contributed by atoms with Gasteiger partial charge in [0.05, 0.1) is 4.90 Å². The van der Waals surface area contributed by atoms with Crippen molar-refractivity contribution in [2.24, 2.45) is 5.73 Å². The van der Waals surface area contributed by atoms with Crippen molar-refractivity contribution < 1.29 is 13.2 Å². The Kier molecular flexibility index (Phi) is 7.61. The second-order valence-corrected chi connectivity index (χ2v) is 7.61. The molecule has 24 heavy (non-hydrogen) atoms. The van der Waals surface area contributed by atoms with E-state index >= 15 is 0 Å². The Morgan fingerprint density at radius 2 is 2.17 bits per heavy atom. The second kappa shape index (κ2) is 8.97. The number of rotatable bonds is 7. The molecule has 0 aliphatic rings. The molecule has 1 aromatic heterocycles. The predicted octanol–water partition coefficient (Wildman–Crippen LogP) is 2.43. The Morgan fingerprint density at radius 1 is 1.42 bits per heavy atom. The van der Waals surface area contributed by atoms with Gasteiger partial charge in [0.25, 0.3) is 10.0 Å². The fourth-order valence-corrected chi connectivity index (χ4v) is 3.61. The van der Waals surface area contributed by atoms with Crippen molar-refractivity contribution in [3.05, 3.63) is 35.8 Å². The van der Waals surface area contributed by atoms with E-state index in [9.17, 15) is 13.2 Å². The summed E-state index contributed by atoms with van der Waals surface area (Å²) in [7, 11) is -3.74. The van der Waals surface area contributed by atoms with Crippen LogP contribution in [0, 0.1) is 0 Å². The van der Waals surface area contributed by atoms with Gasteiger partial charge in [0.2, 0.25) is 5.91 Å². The molecule has 0 aliphatic heterocycles. The molecule has 0 spiro atoms. The van der Waals surface area contributed by atoms with Crippen LogP contribution in [0.25, 0.3) is 0 Å². The third kappa shape index (κ3) is 6.08. The molecule has 2 aromatic rings. The number of hydrogen-bond acceptors (Lipinski definition) is 6. The third-order valence-electron chi connectivity index (χ3n) is 2.91. The molecule has 1 unspecified atom stereocenters. The molecule has 0 saturated carbocycles. The summed E-state index contributed by atoms with van der Waals surface area (Å²) < 4.78 is 26.9. The highest BCUT2D eigenvalue weighted by Gasteiger charge is 2.16. The maximum Gasteiger partial charge on any atom is 0.263 e. The molecule has 0 radical (unpaired) electrons. The van der Waals surface area contributed by atoms with Crippen LogP contribution in [0.2, 0.25) is 0 Å². The lowest BCUT2D eigenvalue weighted by atomic mass is 10.2. The number of nitrogens with one attached hydrogen (secondary N) is 2. The fraction of sp³-hybridized carbons (Fsp3) is 0.286. The summed E-state index contributed by atoms with van der Waals surface area (Å²) in [6.07, 6.45) is 2.36. The lowest BCUT2D eigenvalue weighted by Gasteiger charge is -2.09. The van der Waals surface area contributed by atoms with E-state index in [0.717, 1.165) is 0 Å². The molecule has 4 N–H and O–H groups in total. The Morgan fingerprint density at radius 3 is 2.79 bits per heavy atom. The fourth-order valence-electron chi connectivity index (χ4n) is 1.77. The van der Waals surface area contributed by atoms with Crippen LogP contribution >= 0.6 is 23.7 Å². The largest absolute Gasteiger partial charge is 0.328 e. The minimum absolute atomic E-state index is 0. The number of sulfonamides is 1. The maximum absolute atomic E-state index is 12.3. The molecular weight excluding hydrogens is 372 g/mol. The highest BCUT2D eigenvalue weighted by Crippen LogP contribution is 2.20. The minimum atomic E-state index is -3.74. The Bertz CT molecular complexity index is 764. The Balaban J connectivity index is 0.00000288. The quantitative estimate of drug-likeness (QED) is 0.671. The van der Waals surface area contributed by atoms with Crippen LogP contribution in [0.15, 0.2) is 40.7 Å². The van der Waals surface area contributed by atoms with Crippen molar-refractivity contribution in [2.45, 2.75) is 30.7 Å². The number of carbonyl (C=O) groups is 1. The zero-order valence-corrected chi connectivity index (χ0v) is 15.4. The molecule has 0 fully saturated rings. The number of nitrogens with two attached hydrogens (primary N) is 1. The van der Waals surface area contributed by atoms with Gasteiger partial charge in [0.1, 0.15) is 0 Å². The van der Waals surface area contributed by atoms with Gasteiger partial charge in [-0.1, -0.05) is 6.07 Å². The first-order valence-electron chi connectivity index (χ1n) is 6.94. The van der Waals surface area contributed by atoms with Crippen molar-refractivity contribution in [3.8, 4) is 0 Å². The summed E-state index contributed by atoms with van der Waals surface area (Å²) in [5, 5.41) is 4.63. The Hall–Kier alpha value is -1.68. The Labute approximate surface area is 151 Å². The van der Waals surface area contributed by atoms with Gasteiger partial charge in [-0.05, 0) is 31.5 Å². The molecule has 10 heteroatoms. The lowest BCUT2D eigenvalue weighted by molar-refractivity contribution is -0.116. The summed E-state index contributed by atoms with van der Waals surface area (Å²) in [4.78, 5) is 15.7. The summed E-state index contributed by atoms with van der Waals surface area (Å²) >= 11 is 1.19. The van der Waals surface area contributed by atoms with Crippen LogP contribution in [-0.4, -0.2) is 25.4 Å². The summed E-state index contributed by atoms with van der Waals surface area (Å²) in [5.74, 6) is -0.204. The van der Waals surface area contributed by atoms with E-state index in [1.807, 2.05) is 6.92 Å². The van der Waals surface area contributed by atoms with Gasteiger partial charge in [-0.15, -0.1) is 23.7 Å². The molecule has 7 nitrogen and oxygen atoms in total. The molecular formula is C14H19ClN4O3S2. The number of nitrogens with zero attached hydrogens (tertiary/aromatic N) is 1. The van der Waals surface area contributed by atoms with Crippen molar-refractivity contribution in [3.63, 3.8) is 0 Å². The number of anilines is 2. The number of thiazole rings is 1. The van der Waals surface area contributed by atoms with Gasteiger partial charge < -0.3 is 11.1 Å². The van der Waals surface area contributed by atoms with E-state index in [2.05, 4.69) is 15.0 Å². The van der Waals surface area contributed by atoms with Gasteiger partial charge in [-0.3, -0.25) is 9.52 Å². The highest BCUT2D eigenvalue weighted by molar-refractivity contribution is 7.93. The van der Waals surface area contributed by atoms with E-state index in [-0.39, 0.29) is 40.8 Å². The molecule has 0 saturated heterocycles. The van der Waals surface area contributed by atoms with Crippen molar-refractivity contribution in [1.29, 1.82) is 0 Å². The zero-order valence-electron chi connectivity index (χ0n) is 12.9. The van der Waals surface area contributed by atoms with E-state index in [0.29, 0.717) is 12.1 Å². The van der Waals surface area contributed by atoms with Crippen LogP contribution in [0.4, 0.5) is 10.8 Å². The van der Waals surface area contributed by atoms with Crippen LogP contribution < -0.4 is 15.8 Å². The van der Waals surface area contributed by atoms with Crippen LogP contribution in [-0.2, 0) is 14.8 Å². The van der Waals surface area contributed by atoms with Crippen molar-refractivity contribution >= 4 is 50.5 Å². The number of hydrogen-bond donors (Lipinski definition) is 3. The number of amides is 1. The van der Waals surface area contributed by atoms with Crippen molar-refractivity contribution in [1.82, 2.24) is 4.98 Å². The first-order valence-corrected chi connectivity index (χ1v) is 9.31. The molecule has 132 valence electrons. The molecule has 1 amide bonds. The van der Waals surface area contributed by atoms with Gasteiger partial charge in [0.15, 0.2) is 5.13 Å². The van der Waals surface area contributed by atoms with E-state index in [1.54, 1.807) is 17.5 Å². The van der Waals surface area contributed by atoms with Crippen LogP contribution in [0.1, 0.15) is 19.8 Å². The first kappa shape index (κ1) is 20.4. The van der Waals surface area contributed by atoms with Crippen LogP contribution in [0.5, 0.6) is 0 Å². The number of halogens is 1. The van der Waals surface area contributed by atoms with Gasteiger partial charge in [0, 0.05) is 29.7 Å². The van der Waals surface area contributed by atoms with Gasteiger partial charge >= 0.3 is 0 Å². The smallest absolute Gasteiger partial charge is 0.263 e. The standard InChI is InChI=1S/C14H18N4O3S2.ClH/c1-10(15)5-6-13(19)17-11-3-2-4-12(9-11)23(20,21)18-14-16-7-8-22-14;/h2-4,7-10H,5-6,15H2,1H3,(H,16,18)(H,17,19);1H. The number of aromatic nitrogens is 1. The molecule has 0 aliphatic carbocycles. The predicted molar refractivity (Wildman–Crippen MR) is 98.1 cm³/mol. The zero-order chi connectivity index (χ0) is 16.9. The monoisotopic (exact) mass is 390 g/mol. The first-order chi connectivity index (χ1) is 10.9. The topological polar surface area (TPSA) is 114 Å². The van der Waals surface area contributed by atoms with Gasteiger partial charge in [-0.25, -0.2) is 13.4 Å². The normalized spacial score (nSPS) is 12.1. The minimum Gasteiger partial charge on any atom is -0.328 e. The lowest BCUT2D eigenvalue weighted by Crippen LogP contribution is -2.19. The molecule has 1 heterocycles. The van der Waals surface area contributed by atoms with Crippen LogP contribution in [0.3, 0.4) is 0 Å². The average molecular weight is 391 g/mol. The summed E-state index contributed by atoms with van der Waals surface area (Å²) in [6.45, 7) is 1.82. The second-order valence-electron chi connectivity index (χ2n) is 5.03. The maximum atomic E-state index is 12.3. The van der Waals surface area contributed by atoms with Crippen molar-refractivity contribution in [2.75, 3.05) is 10.0 Å². The SMILES string of the molecule is CC(N)CCC(=O)Nc1cccc(S(=O)(=O)Nc2nccs2)c1.Cl. The summed E-state index contributed by atoms with van der Waals surface area (Å²) in [6, 6.07) is 5.99. The highest BCUT2D eigenvalue weighted by atomic mass is 35.5. The summed E-state index contributed by atoms with van der Waals surface area (Å²) in [5.41, 5.74) is 6.03. The third-order valence-corrected chi connectivity index (χ3v) is 5.06. The van der Waals surface area contributed by atoms with E-state index in [1.165, 1.54) is 29.7 Å². The van der Waals surface area contributed by atoms with E-state index in [4.69, 9.17) is 5.73 Å². The number of carbonyl (C=O) groups excluding carboxylic acids is 1. The molecule has 1 aromatic carbocycles. The molecule has 2 rings (SSSR count). The molecule has 0 bridgehead atoms. The average Bonchev–Trinajstić information content (AvgIpc) is 2.97. The molecule has 1 atom stereocenters. The van der Waals surface area contributed by atoms with E-state index < -0.39 is 10.0 Å². The number of benzene rings is 1. The van der Waals surface area contributed by atoms with Gasteiger partial charge in [-0.2, -0.15) is 0 Å².